The number of hydrogen-bond donors (Lipinski definition) is 0. The molecule has 0 N–H and O–H groups in total. The number of ether oxygens (including phenoxy) is 1. The summed E-state index contributed by atoms with van der Waals surface area (Å²) in [6.45, 7) is 7.96. The highest BCUT2D eigenvalue weighted by molar-refractivity contribution is 5.71. The summed E-state index contributed by atoms with van der Waals surface area (Å²) in [5.41, 5.74) is 0.668. The molecule has 1 aliphatic rings. The lowest BCUT2D eigenvalue weighted by Gasteiger charge is -2.37. The van der Waals surface area contributed by atoms with Gasteiger partial charge in [-0.05, 0) is 27.7 Å². The highest BCUT2D eigenvalue weighted by atomic mass is 16.6. The van der Waals surface area contributed by atoms with Gasteiger partial charge in [0.05, 0.1) is 33.3 Å². The lowest BCUT2D eigenvalue weighted by molar-refractivity contribution is -0.395. The lowest BCUT2D eigenvalue weighted by atomic mass is 10.0. The molecule has 1 heterocycles. The molecule has 0 bridgehead atoms. The summed E-state index contributed by atoms with van der Waals surface area (Å²) in [5, 5.41) is 22.5. The molecule has 2 atom stereocenters. The molecule has 0 spiro atoms. The number of hydrogen-bond acceptors (Lipinski definition) is 6. The average molecular weight is 309 g/mol. The molecule has 0 aromatic heterocycles. The topological polar surface area (TPSA) is 98.8 Å². The first-order valence-corrected chi connectivity index (χ1v) is 7.05. The van der Waals surface area contributed by atoms with E-state index in [-0.39, 0.29) is 29.1 Å². The van der Waals surface area contributed by atoms with Crippen LogP contribution in [0.25, 0.3) is 0 Å². The monoisotopic (exact) mass is 309 g/mol. The minimum atomic E-state index is -0.571. The predicted octanol–water partition coefficient (Wildman–Crippen LogP) is 2.73. The third-order valence-electron chi connectivity index (χ3n) is 3.89. The minimum absolute atomic E-state index is 0.0393. The van der Waals surface area contributed by atoms with Gasteiger partial charge in [0.15, 0.2) is 0 Å². The summed E-state index contributed by atoms with van der Waals surface area (Å²) >= 11 is 0. The molecule has 1 aromatic carbocycles. The zero-order valence-corrected chi connectivity index (χ0v) is 13.0. The van der Waals surface area contributed by atoms with Crippen LogP contribution in [0.1, 0.15) is 25.0 Å². The molecule has 0 amide bonds. The van der Waals surface area contributed by atoms with Gasteiger partial charge in [0.2, 0.25) is 0 Å². The normalized spacial score (nSPS) is 21.7. The number of anilines is 1. The van der Waals surface area contributed by atoms with Crippen LogP contribution < -0.4 is 4.90 Å². The molecule has 2 unspecified atom stereocenters. The molecule has 8 heteroatoms. The second-order valence-corrected chi connectivity index (χ2v) is 5.69. The van der Waals surface area contributed by atoms with Crippen molar-refractivity contribution < 1.29 is 14.6 Å². The third-order valence-corrected chi connectivity index (χ3v) is 3.89. The lowest BCUT2D eigenvalue weighted by Crippen LogP contribution is -2.45. The molecule has 0 aliphatic carbocycles. The van der Waals surface area contributed by atoms with Crippen molar-refractivity contribution in [2.45, 2.75) is 39.9 Å². The van der Waals surface area contributed by atoms with Crippen LogP contribution in [0.5, 0.6) is 0 Å². The zero-order valence-electron chi connectivity index (χ0n) is 13.0. The fourth-order valence-electron chi connectivity index (χ4n) is 3.04. The molecule has 0 radical (unpaired) electrons. The number of nitro groups is 2. The van der Waals surface area contributed by atoms with Crippen LogP contribution >= 0.6 is 0 Å². The number of nitrogens with zero attached hydrogens (tertiary/aromatic N) is 3. The van der Waals surface area contributed by atoms with Crippen molar-refractivity contribution in [3.63, 3.8) is 0 Å². The summed E-state index contributed by atoms with van der Waals surface area (Å²) in [6, 6.07) is 1.43. The zero-order chi connectivity index (χ0) is 16.6. The third kappa shape index (κ3) is 2.87. The fraction of sp³-hybridized carbons (Fsp3) is 0.571. The Morgan fingerprint density at radius 2 is 1.64 bits per heavy atom. The van der Waals surface area contributed by atoms with Crippen molar-refractivity contribution in [1.82, 2.24) is 0 Å². The number of rotatable bonds is 3. The molecule has 0 saturated carbocycles. The van der Waals surface area contributed by atoms with E-state index in [1.807, 2.05) is 18.7 Å². The number of morpholine rings is 1. The Kier molecular flexibility index (Phi) is 4.32. The van der Waals surface area contributed by atoms with Crippen LogP contribution in [0.15, 0.2) is 6.07 Å². The molecule has 120 valence electrons. The van der Waals surface area contributed by atoms with Crippen molar-refractivity contribution in [3.8, 4) is 0 Å². The van der Waals surface area contributed by atoms with Crippen molar-refractivity contribution >= 4 is 17.1 Å². The summed E-state index contributed by atoms with van der Waals surface area (Å²) in [4.78, 5) is 23.3. The maximum absolute atomic E-state index is 11.3. The van der Waals surface area contributed by atoms with E-state index in [0.29, 0.717) is 24.3 Å². The largest absolute Gasteiger partial charge is 0.372 e. The fourth-order valence-corrected chi connectivity index (χ4v) is 3.04. The van der Waals surface area contributed by atoms with Gasteiger partial charge in [-0.15, -0.1) is 0 Å². The maximum Gasteiger partial charge on any atom is 0.284 e. The van der Waals surface area contributed by atoms with Gasteiger partial charge in [-0.1, -0.05) is 0 Å². The maximum atomic E-state index is 11.3. The molecule has 1 aliphatic heterocycles. The van der Waals surface area contributed by atoms with Gasteiger partial charge in [0, 0.05) is 19.2 Å². The summed E-state index contributed by atoms with van der Waals surface area (Å²) in [5.74, 6) is 0. The van der Waals surface area contributed by atoms with E-state index in [4.69, 9.17) is 4.74 Å². The van der Waals surface area contributed by atoms with E-state index in [2.05, 4.69) is 0 Å². The smallest absolute Gasteiger partial charge is 0.284 e. The van der Waals surface area contributed by atoms with Crippen molar-refractivity contribution in [2.24, 2.45) is 0 Å². The van der Waals surface area contributed by atoms with E-state index in [1.54, 1.807) is 6.92 Å². The Morgan fingerprint density at radius 1 is 1.09 bits per heavy atom. The second-order valence-electron chi connectivity index (χ2n) is 5.69. The number of benzene rings is 1. The van der Waals surface area contributed by atoms with Crippen LogP contribution in [0.4, 0.5) is 17.1 Å². The van der Waals surface area contributed by atoms with Gasteiger partial charge in [-0.3, -0.25) is 20.2 Å². The van der Waals surface area contributed by atoms with E-state index >= 15 is 0 Å². The quantitative estimate of drug-likeness (QED) is 0.629. The van der Waals surface area contributed by atoms with Crippen LogP contribution in [-0.4, -0.2) is 35.1 Å². The molecular weight excluding hydrogens is 290 g/mol. The second kappa shape index (κ2) is 5.88. The standard InChI is InChI=1S/C14H19N3O5/c1-8-6-15(7-9(2)22-8)12-5-13(16(18)19)11(4)14(10(12)3)17(20)21/h5,8-9H,6-7H2,1-4H3. The average Bonchev–Trinajstić information content (AvgIpc) is 2.36. The Labute approximate surface area is 128 Å². The van der Waals surface area contributed by atoms with E-state index in [1.165, 1.54) is 13.0 Å². The summed E-state index contributed by atoms with van der Waals surface area (Å²) in [6.07, 6.45) is -0.0786. The van der Waals surface area contributed by atoms with Gasteiger partial charge in [0.1, 0.15) is 5.56 Å². The molecule has 1 saturated heterocycles. The van der Waals surface area contributed by atoms with Gasteiger partial charge >= 0.3 is 0 Å². The molecular formula is C14H19N3O5. The van der Waals surface area contributed by atoms with Crippen molar-refractivity contribution in [2.75, 3.05) is 18.0 Å². The Hall–Kier alpha value is -2.22. The van der Waals surface area contributed by atoms with Crippen LogP contribution in [-0.2, 0) is 4.74 Å². The van der Waals surface area contributed by atoms with E-state index in [9.17, 15) is 20.2 Å². The SMILES string of the molecule is Cc1c(N2CC(C)OC(C)C2)cc([N+](=O)[O-])c(C)c1[N+](=O)[O-]. The predicted molar refractivity (Wildman–Crippen MR) is 81.4 cm³/mol. The Morgan fingerprint density at radius 3 is 2.09 bits per heavy atom. The molecule has 1 fully saturated rings. The van der Waals surface area contributed by atoms with Crippen molar-refractivity contribution in [3.05, 3.63) is 37.4 Å². The van der Waals surface area contributed by atoms with Gasteiger partial charge in [-0.25, -0.2) is 0 Å². The molecule has 2 rings (SSSR count). The highest BCUT2D eigenvalue weighted by Crippen LogP contribution is 2.38. The minimum Gasteiger partial charge on any atom is -0.372 e. The molecule has 22 heavy (non-hydrogen) atoms. The van der Waals surface area contributed by atoms with E-state index < -0.39 is 9.85 Å². The molecule has 8 nitrogen and oxygen atoms in total. The first-order valence-electron chi connectivity index (χ1n) is 7.05. The first-order chi connectivity index (χ1) is 10.2. The summed E-state index contributed by atoms with van der Waals surface area (Å²) < 4.78 is 5.65. The number of nitro benzene ring substituents is 2. The van der Waals surface area contributed by atoms with Crippen LogP contribution in [0, 0.1) is 34.1 Å². The van der Waals surface area contributed by atoms with Crippen LogP contribution in [0.2, 0.25) is 0 Å². The highest BCUT2D eigenvalue weighted by Gasteiger charge is 2.31. The van der Waals surface area contributed by atoms with Crippen LogP contribution in [0.3, 0.4) is 0 Å². The van der Waals surface area contributed by atoms with E-state index in [0.717, 1.165) is 0 Å². The Balaban J connectivity index is 2.60. The van der Waals surface area contributed by atoms with Gasteiger partial charge in [-0.2, -0.15) is 0 Å². The van der Waals surface area contributed by atoms with Gasteiger partial charge in [0.25, 0.3) is 11.4 Å². The van der Waals surface area contributed by atoms with Gasteiger partial charge < -0.3 is 9.64 Å². The first kappa shape index (κ1) is 16.2. The molecule has 1 aromatic rings. The van der Waals surface area contributed by atoms with Crippen molar-refractivity contribution in [1.29, 1.82) is 0 Å². The Bertz CT molecular complexity index is 621. The summed E-state index contributed by atoms with van der Waals surface area (Å²) in [7, 11) is 0.